The molecule has 0 fully saturated rings. The zero-order valence-corrected chi connectivity index (χ0v) is 18.6. The number of aryl methyl sites for hydroxylation is 1. The molecule has 0 unspecified atom stereocenters. The van der Waals surface area contributed by atoms with Crippen LogP contribution in [0, 0.1) is 12.8 Å². The largest absolute Gasteiger partial charge is 0.378 e. The number of rotatable bonds is 3. The van der Waals surface area contributed by atoms with E-state index in [2.05, 4.69) is 71.3 Å². The van der Waals surface area contributed by atoms with Crippen molar-refractivity contribution in [3.63, 3.8) is 0 Å². The maximum Gasteiger partial charge on any atom is 0.255 e. The lowest BCUT2D eigenvalue weighted by atomic mass is 9.75. The Hall–Kier alpha value is -3.85. The van der Waals surface area contributed by atoms with Crippen LogP contribution in [0.4, 0.5) is 11.4 Å². The molecule has 162 valence electrons. The molecule has 2 aliphatic rings. The number of carbonyl (C=O) groups is 1. The summed E-state index contributed by atoms with van der Waals surface area (Å²) in [6.45, 7) is 2.02. The summed E-state index contributed by atoms with van der Waals surface area (Å²) in [6.07, 6.45) is 5.75. The highest BCUT2D eigenvalue weighted by Gasteiger charge is 2.38. The van der Waals surface area contributed by atoms with Crippen LogP contribution in [0.25, 0.3) is 10.8 Å². The Labute approximate surface area is 194 Å². The van der Waals surface area contributed by atoms with Gasteiger partial charge in [0.25, 0.3) is 5.91 Å². The Balaban J connectivity index is 1.32. The van der Waals surface area contributed by atoms with Crippen LogP contribution in [0.15, 0.2) is 97.1 Å². The van der Waals surface area contributed by atoms with Gasteiger partial charge in [-0.1, -0.05) is 72.3 Å². The Kier molecular flexibility index (Phi) is 4.76. The Morgan fingerprint density at radius 2 is 1.79 bits per heavy atom. The molecule has 0 saturated heterocycles. The molecule has 0 saturated carbocycles. The molecule has 0 radical (unpaired) electrons. The van der Waals surface area contributed by atoms with E-state index in [9.17, 15) is 4.79 Å². The third kappa shape index (κ3) is 3.50. The maximum absolute atomic E-state index is 12.7. The second kappa shape index (κ2) is 7.93. The highest BCUT2D eigenvalue weighted by atomic mass is 16.1. The van der Waals surface area contributed by atoms with Crippen molar-refractivity contribution in [3.05, 3.63) is 119 Å². The van der Waals surface area contributed by atoms with Crippen LogP contribution < -0.4 is 10.6 Å². The number of nitrogens with one attached hydrogen (secondary N) is 2. The van der Waals surface area contributed by atoms with Crippen LogP contribution in [-0.4, -0.2) is 5.91 Å². The lowest BCUT2D eigenvalue weighted by Gasteiger charge is -2.38. The lowest BCUT2D eigenvalue weighted by Crippen LogP contribution is -2.29. The molecular weight excluding hydrogens is 404 g/mol. The summed E-state index contributed by atoms with van der Waals surface area (Å²) in [4.78, 5) is 12.7. The topological polar surface area (TPSA) is 41.1 Å². The summed E-state index contributed by atoms with van der Waals surface area (Å²) in [5, 5.41) is 9.54. The molecule has 4 aromatic carbocycles. The fourth-order valence-electron chi connectivity index (χ4n) is 5.43. The van der Waals surface area contributed by atoms with Gasteiger partial charge in [-0.25, -0.2) is 0 Å². The predicted molar refractivity (Wildman–Crippen MR) is 136 cm³/mol. The van der Waals surface area contributed by atoms with Gasteiger partial charge in [0.2, 0.25) is 0 Å². The molecule has 1 heterocycles. The van der Waals surface area contributed by atoms with Crippen molar-refractivity contribution in [3.8, 4) is 0 Å². The van der Waals surface area contributed by atoms with E-state index in [1.54, 1.807) is 0 Å². The summed E-state index contributed by atoms with van der Waals surface area (Å²) in [6, 6.07) is 29.2. The van der Waals surface area contributed by atoms with Gasteiger partial charge in [0.05, 0.1) is 6.04 Å². The van der Waals surface area contributed by atoms with Gasteiger partial charge in [-0.05, 0) is 71.5 Å². The van der Waals surface area contributed by atoms with Crippen LogP contribution in [0.1, 0.15) is 45.4 Å². The first kappa shape index (κ1) is 19.8. The minimum atomic E-state index is -0.0824. The predicted octanol–water partition coefficient (Wildman–Crippen LogP) is 7.23. The number of carbonyl (C=O) groups excluding carboxylic acids is 1. The van der Waals surface area contributed by atoms with Crippen LogP contribution in [0.2, 0.25) is 0 Å². The summed E-state index contributed by atoms with van der Waals surface area (Å²) >= 11 is 0. The van der Waals surface area contributed by atoms with Gasteiger partial charge in [0.15, 0.2) is 0 Å². The number of amides is 1. The highest BCUT2D eigenvalue weighted by molar-refractivity contribution is 6.04. The van der Waals surface area contributed by atoms with Gasteiger partial charge in [0, 0.05) is 22.9 Å². The van der Waals surface area contributed by atoms with E-state index in [0.717, 1.165) is 17.7 Å². The summed E-state index contributed by atoms with van der Waals surface area (Å²) < 4.78 is 0. The third-order valence-electron chi connectivity index (χ3n) is 7.07. The van der Waals surface area contributed by atoms with Crippen LogP contribution in [0.3, 0.4) is 0 Å². The fraction of sp³-hybridized carbons (Fsp3) is 0.167. The molecule has 4 aromatic rings. The Morgan fingerprint density at radius 3 is 2.67 bits per heavy atom. The zero-order valence-electron chi connectivity index (χ0n) is 18.6. The van der Waals surface area contributed by atoms with E-state index in [4.69, 9.17) is 0 Å². The molecule has 1 amide bonds. The average molecular weight is 431 g/mol. The van der Waals surface area contributed by atoms with E-state index in [1.807, 2.05) is 43.3 Å². The normalized spacial score (nSPS) is 20.7. The average Bonchev–Trinajstić information content (AvgIpc) is 3.34. The summed E-state index contributed by atoms with van der Waals surface area (Å²) in [7, 11) is 0. The van der Waals surface area contributed by atoms with Crippen molar-refractivity contribution < 1.29 is 4.79 Å². The first-order valence-corrected chi connectivity index (χ1v) is 11.6. The van der Waals surface area contributed by atoms with Crippen molar-refractivity contribution in [1.29, 1.82) is 0 Å². The number of allylic oxidation sites excluding steroid dienone is 2. The first-order valence-electron chi connectivity index (χ1n) is 11.6. The second-order valence-electron chi connectivity index (χ2n) is 9.17. The van der Waals surface area contributed by atoms with Crippen molar-refractivity contribution in [2.45, 2.75) is 25.3 Å². The minimum absolute atomic E-state index is 0.0824. The number of benzene rings is 4. The van der Waals surface area contributed by atoms with Gasteiger partial charge < -0.3 is 10.6 Å². The smallest absolute Gasteiger partial charge is 0.255 e. The van der Waals surface area contributed by atoms with E-state index < -0.39 is 0 Å². The number of anilines is 2. The van der Waals surface area contributed by atoms with Gasteiger partial charge in [0.1, 0.15) is 0 Å². The molecule has 3 heteroatoms. The standard InChI is InChI=1S/C30H26N2O/c1-19-12-14-21(15-13-19)30(33)31-23-8-4-7-22(18-23)29-26-11-5-10-25(26)28-24-9-3-2-6-20(24)16-17-27(28)32-29/h2-10,12-18,25-26,29,32H,11H2,1H3,(H,31,33)/t25-,26+,29-/m0/s1. The van der Waals surface area contributed by atoms with Crippen molar-refractivity contribution in [1.82, 2.24) is 0 Å². The number of fused-ring (bicyclic) bond motifs is 5. The quantitative estimate of drug-likeness (QED) is 0.337. The summed E-state index contributed by atoms with van der Waals surface area (Å²) in [5.74, 6) is 0.760. The Morgan fingerprint density at radius 1 is 0.939 bits per heavy atom. The van der Waals surface area contributed by atoms with Gasteiger partial charge in [-0.2, -0.15) is 0 Å². The Bertz CT molecular complexity index is 1390. The van der Waals surface area contributed by atoms with Crippen molar-refractivity contribution in [2.75, 3.05) is 10.6 Å². The van der Waals surface area contributed by atoms with Gasteiger partial charge in [-0.3, -0.25) is 4.79 Å². The third-order valence-corrected chi connectivity index (χ3v) is 7.07. The molecule has 0 bridgehead atoms. The summed E-state index contributed by atoms with van der Waals surface area (Å²) in [5.41, 5.74) is 6.46. The molecule has 1 aliphatic heterocycles. The highest BCUT2D eigenvalue weighted by Crippen LogP contribution is 2.51. The van der Waals surface area contributed by atoms with Crippen LogP contribution in [0.5, 0.6) is 0 Å². The minimum Gasteiger partial charge on any atom is -0.378 e. The first-order chi connectivity index (χ1) is 16.2. The van der Waals surface area contributed by atoms with Crippen LogP contribution >= 0.6 is 0 Å². The monoisotopic (exact) mass is 430 g/mol. The van der Waals surface area contributed by atoms with Crippen molar-refractivity contribution >= 4 is 28.1 Å². The fourth-order valence-corrected chi connectivity index (χ4v) is 5.43. The zero-order chi connectivity index (χ0) is 22.4. The SMILES string of the molecule is Cc1ccc(C(=O)Nc2cccc([C@@H]3Nc4ccc5ccccc5c4[C@H]4C=CC[C@H]43)c2)cc1. The van der Waals surface area contributed by atoms with Gasteiger partial charge >= 0.3 is 0 Å². The van der Waals surface area contributed by atoms with Crippen molar-refractivity contribution in [2.24, 2.45) is 5.92 Å². The molecule has 2 N–H and O–H groups in total. The molecule has 3 nitrogen and oxygen atoms in total. The van der Waals surface area contributed by atoms with E-state index >= 15 is 0 Å². The molecular formula is C30H26N2O. The van der Waals surface area contributed by atoms with Crippen LogP contribution in [-0.2, 0) is 0 Å². The maximum atomic E-state index is 12.7. The van der Waals surface area contributed by atoms with E-state index in [-0.39, 0.29) is 11.9 Å². The second-order valence-corrected chi connectivity index (χ2v) is 9.17. The number of hydrogen-bond acceptors (Lipinski definition) is 2. The lowest BCUT2D eigenvalue weighted by molar-refractivity contribution is 0.102. The molecule has 0 aromatic heterocycles. The van der Waals surface area contributed by atoms with Gasteiger partial charge in [-0.15, -0.1) is 0 Å². The van der Waals surface area contributed by atoms with E-state index in [1.165, 1.54) is 27.6 Å². The molecule has 1 aliphatic carbocycles. The molecule has 0 spiro atoms. The number of hydrogen-bond donors (Lipinski definition) is 2. The molecule has 3 atom stereocenters. The molecule has 33 heavy (non-hydrogen) atoms. The molecule has 6 rings (SSSR count). The van der Waals surface area contributed by atoms with E-state index in [0.29, 0.717) is 17.4 Å².